The predicted molar refractivity (Wildman–Crippen MR) is 75.5 cm³/mol. The van der Waals surface area contributed by atoms with E-state index in [-0.39, 0.29) is 29.0 Å². The maximum Gasteiger partial charge on any atom is 0.343 e. The van der Waals surface area contributed by atoms with Gasteiger partial charge in [-0.05, 0) is 19.8 Å². The summed E-state index contributed by atoms with van der Waals surface area (Å²) in [5.41, 5.74) is 5.90. The van der Waals surface area contributed by atoms with Crippen molar-refractivity contribution >= 4 is 29.3 Å². The summed E-state index contributed by atoms with van der Waals surface area (Å²) in [4.78, 5) is 31.5. The lowest BCUT2D eigenvalue weighted by Gasteiger charge is -2.18. The highest BCUT2D eigenvalue weighted by molar-refractivity contribution is 8.00. The Labute approximate surface area is 121 Å². The first kappa shape index (κ1) is 14.8. The summed E-state index contributed by atoms with van der Waals surface area (Å²) in [7, 11) is 0. The number of anilines is 1. The summed E-state index contributed by atoms with van der Waals surface area (Å²) >= 11 is 1.32. The molecule has 108 valence electrons. The van der Waals surface area contributed by atoms with Crippen LogP contribution in [-0.4, -0.2) is 33.6 Å². The number of aromatic nitrogens is 2. The molecule has 1 aromatic heterocycles. The van der Waals surface area contributed by atoms with Gasteiger partial charge < -0.3 is 10.5 Å². The molecule has 0 aliphatic heterocycles. The van der Waals surface area contributed by atoms with Crippen molar-refractivity contribution in [2.75, 3.05) is 12.3 Å². The fourth-order valence-electron chi connectivity index (χ4n) is 2.00. The van der Waals surface area contributed by atoms with Crippen LogP contribution in [0, 0.1) is 0 Å². The minimum absolute atomic E-state index is 0.0872. The van der Waals surface area contributed by atoms with Gasteiger partial charge in [-0.2, -0.15) is 0 Å². The van der Waals surface area contributed by atoms with E-state index in [9.17, 15) is 9.59 Å². The Kier molecular flexibility index (Phi) is 4.94. The van der Waals surface area contributed by atoms with Crippen LogP contribution < -0.4 is 5.73 Å². The van der Waals surface area contributed by atoms with Gasteiger partial charge in [0, 0.05) is 12.6 Å². The van der Waals surface area contributed by atoms with Gasteiger partial charge in [-0.1, -0.05) is 18.2 Å². The molecule has 1 fully saturated rings. The maximum absolute atomic E-state index is 11.8. The number of hydrogen-bond acceptors (Lipinski definition) is 7. The predicted octanol–water partition coefficient (Wildman–Crippen LogP) is 1.84. The lowest BCUT2D eigenvalue weighted by Crippen LogP contribution is -2.21. The number of Topliss-reactive ketones (excluding diaryl/α,β-unsaturated/α-hetero) is 1. The lowest BCUT2D eigenvalue weighted by atomic mass is 9.99. The van der Waals surface area contributed by atoms with Crippen LogP contribution in [-0.2, 0) is 9.53 Å². The second kappa shape index (κ2) is 6.69. The first-order valence-electron chi connectivity index (χ1n) is 6.60. The number of thioether (sulfide) groups is 1. The minimum atomic E-state index is -0.532. The van der Waals surface area contributed by atoms with Gasteiger partial charge >= 0.3 is 5.97 Å². The van der Waals surface area contributed by atoms with Crippen LogP contribution >= 0.6 is 11.8 Å². The quantitative estimate of drug-likeness (QED) is 0.668. The van der Waals surface area contributed by atoms with Crippen LogP contribution in [0.3, 0.4) is 0 Å². The largest absolute Gasteiger partial charge is 0.462 e. The number of nitrogen functional groups attached to an aromatic ring is 1. The number of carbonyl (C=O) groups is 2. The van der Waals surface area contributed by atoms with Crippen molar-refractivity contribution in [1.82, 2.24) is 9.97 Å². The molecule has 1 aliphatic carbocycles. The van der Waals surface area contributed by atoms with Gasteiger partial charge in [0.25, 0.3) is 0 Å². The third-order valence-electron chi connectivity index (χ3n) is 3.04. The van der Waals surface area contributed by atoms with Gasteiger partial charge in [0.2, 0.25) is 0 Å². The summed E-state index contributed by atoms with van der Waals surface area (Å²) in [5.74, 6) is -0.211. The fourth-order valence-corrected chi connectivity index (χ4v) is 3.06. The third kappa shape index (κ3) is 3.47. The number of rotatable bonds is 4. The van der Waals surface area contributed by atoms with Crippen molar-refractivity contribution in [3.63, 3.8) is 0 Å². The molecule has 1 heterocycles. The molecule has 0 saturated heterocycles. The average Bonchev–Trinajstić information content (AvgIpc) is 2.42. The van der Waals surface area contributed by atoms with E-state index in [2.05, 4.69) is 9.97 Å². The molecule has 6 nitrogen and oxygen atoms in total. The van der Waals surface area contributed by atoms with Gasteiger partial charge in [-0.3, -0.25) is 4.79 Å². The van der Waals surface area contributed by atoms with E-state index in [4.69, 9.17) is 10.5 Å². The second-order valence-electron chi connectivity index (χ2n) is 4.49. The summed E-state index contributed by atoms with van der Waals surface area (Å²) in [5, 5.41) is 0.326. The topological polar surface area (TPSA) is 95.2 Å². The Morgan fingerprint density at radius 2 is 2.35 bits per heavy atom. The van der Waals surface area contributed by atoms with Crippen molar-refractivity contribution < 1.29 is 14.3 Å². The molecule has 0 amide bonds. The van der Waals surface area contributed by atoms with Crippen molar-refractivity contribution in [2.45, 2.75) is 43.0 Å². The highest BCUT2D eigenvalue weighted by Gasteiger charge is 2.24. The Hall–Kier alpha value is -1.63. The third-order valence-corrected chi connectivity index (χ3v) is 4.23. The molecule has 7 heteroatoms. The van der Waals surface area contributed by atoms with E-state index in [1.54, 1.807) is 6.92 Å². The number of ketones is 1. The fraction of sp³-hybridized carbons (Fsp3) is 0.538. The number of nitrogens with zero attached hydrogens (tertiary/aromatic N) is 2. The summed E-state index contributed by atoms with van der Waals surface area (Å²) in [6, 6.07) is 0. The van der Waals surface area contributed by atoms with Gasteiger partial charge in [-0.15, -0.1) is 0 Å². The lowest BCUT2D eigenvalue weighted by molar-refractivity contribution is -0.119. The Bertz CT molecular complexity index is 522. The minimum Gasteiger partial charge on any atom is -0.462 e. The molecule has 2 N–H and O–H groups in total. The first-order valence-corrected chi connectivity index (χ1v) is 7.48. The molecule has 20 heavy (non-hydrogen) atoms. The van der Waals surface area contributed by atoms with E-state index in [0.717, 1.165) is 19.3 Å². The molecule has 0 bridgehead atoms. The van der Waals surface area contributed by atoms with Crippen molar-refractivity contribution in [3.05, 3.63) is 11.8 Å². The first-order chi connectivity index (χ1) is 9.61. The van der Waals surface area contributed by atoms with Gasteiger partial charge in [0.1, 0.15) is 17.2 Å². The molecule has 1 atom stereocenters. The standard InChI is InChI=1S/C13H17N3O3S/c1-2-19-12(18)8-7-15-13(16-11(8)14)20-10-6-4-3-5-9(10)17/h7,10H,2-6H2,1H3,(H2,14,15,16). The highest BCUT2D eigenvalue weighted by atomic mass is 32.2. The monoisotopic (exact) mass is 295 g/mol. The number of ether oxygens (including phenoxy) is 1. The van der Waals surface area contributed by atoms with E-state index < -0.39 is 5.97 Å². The molecule has 1 aromatic rings. The number of carbonyl (C=O) groups excluding carboxylic acids is 2. The van der Waals surface area contributed by atoms with E-state index in [1.165, 1.54) is 18.0 Å². The Morgan fingerprint density at radius 1 is 1.55 bits per heavy atom. The zero-order valence-electron chi connectivity index (χ0n) is 11.3. The van der Waals surface area contributed by atoms with Crippen LogP contribution in [0.5, 0.6) is 0 Å². The SMILES string of the molecule is CCOC(=O)c1cnc(SC2CCCCC2=O)nc1N. The zero-order valence-corrected chi connectivity index (χ0v) is 12.1. The summed E-state index contributed by atoms with van der Waals surface area (Å²) < 4.78 is 4.86. The summed E-state index contributed by atoms with van der Waals surface area (Å²) in [6.45, 7) is 1.99. The van der Waals surface area contributed by atoms with Crippen LogP contribution in [0.4, 0.5) is 5.82 Å². The van der Waals surface area contributed by atoms with Crippen LogP contribution in [0.2, 0.25) is 0 Å². The molecular formula is C13H17N3O3S. The number of nitrogens with two attached hydrogens (primary N) is 1. The molecule has 0 aromatic carbocycles. The molecule has 0 spiro atoms. The number of hydrogen-bond donors (Lipinski definition) is 1. The van der Waals surface area contributed by atoms with Crippen LogP contribution in [0.1, 0.15) is 43.0 Å². The van der Waals surface area contributed by atoms with Crippen LogP contribution in [0.25, 0.3) is 0 Å². The highest BCUT2D eigenvalue weighted by Crippen LogP contribution is 2.30. The summed E-state index contributed by atoms with van der Waals surface area (Å²) in [6.07, 6.45) is 4.82. The molecule has 2 rings (SSSR count). The Morgan fingerprint density at radius 3 is 3.00 bits per heavy atom. The maximum atomic E-state index is 11.8. The molecule has 1 saturated carbocycles. The molecular weight excluding hydrogens is 278 g/mol. The van der Waals surface area contributed by atoms with E-state index in [0.29, 0.717) is 11.6 Å². The average molecular weight is 295 g/mol. The Balaban J connectivity index is 2.08. The van der Waals surface area contributed by atoms with Crippen molar-refractivity contribution in [2.24, 2.45) is 0 Å². The smallest absolute Gasteiger partial charge is 0.343 e. The van der Waals surface area contributed by atoms with Gasteiger partial charge in [0.05, 0.1) is 11.9 Å². The van der Waals surface area contributed by atoms with Gasteiger partial charge in [0.15, 0.2) is 5.16 Å². The zero-order chi connectivity index (χ0) is 14.5. The normalized spacial score (nSPS) is 18.9. The van der Waals surface area contributed by atoms with Crippen LogP contribution in [0.15, 0.2) is 11.4 Å². The second-order valence-corrected chi connectivity index (χ2v) is 5.66. The number of esters is 1. The molecule has 1 aliphatic rings. The van der Waals surface area contributed by atoms with E-state index >= 15 is 0 Å². The molecule has 0 radical (unpaired) electrons. The van der Waals surface area contributed by atoms with Gasteiger partial charge in [-0.25, -0.2) is 14.8 Å². The molecule has 1 unspecified atom stereocenters. The van der Waals surface area contributed by atoms with Crippen molar-refractivity contribution in [1.29, 1.82) is 0 Å². The van der Waals surface area contributed by atoms with Crippen molar-refractivity contribution in [3.8, 4) is 0 Å². The van der Waals surface area contributed by atoms with E-state index in [1.807, 2.05) is 0 Å².